The third-order valence-electron chi connectivity index (χ3n) is 6.07. The minimum Gasteiger partial charge on any atom is -0.629 e. The molecule has 3 atom stereocenters. The monoisotopic (exact) mass is 483 g/mol. The molecule has 1 aliphatic rings. The van der Waals surface area contributed by atoms with Gasteiger partial charge in [-0.15, -0.1) is 0 Å². The van der Waals surface area contributed by atoms with Gasteiger partial charge in [-0.3, -0.25) is 9.69 Å². The van der Waals surface area contributed by atoms with E-state index in [4.69, 9.17) is 9.47 Å². The molecule has 0 bridgehead atoms. The summed E-state index contributed by atoms with van der Waals surface area (Å²) in [5.41, 5.74) is 2.16. The summed E-state index contributed by atoms with van der Waals surface area (Å²) in [5, 5.41) is 15.9. The first-order valence-electron chi connectivity index (χ1n) is 12.1. The van der Waals surface area contributed by atoms with E-state index in [0.717, 1.165) is 12.0 Å². The number of carbonyl (C=O) groups is 2. The van der Waals surface area contributed by atoms with Crippen molar-refractivity contribution in [2.45, 2.75) is 64.6 Å². The molecule has 0 saturated heterocycles. The summed E-state index contributed by atoms with van der Waals surface area (Å²) in [7, 11) is 1.53. The van der Waals surface area contributed by atoms with Gasteiger partial charge in [0.1, 0.15) is 29.6 Å². The Labute approximate surface area is 207 Å². The maximum absolute atomic E-state index is 13.0. The lowest BCUT2D eigenvalue weighted by Crippen LogP contribution is -3.03. The molecule has 3 rings (SSSR count). The van der Waals surface area contributed by atoms with Crippen LogP contribution in [-0.4, -0.2) is 54.8 Å². The smallest absolute Gasteiger partial charge is 0.410 e. The Kier molecular flexibility index (Phi) is 8.75. The molecule has 2 aromatic carbocycles. The molecule has 0 saturated carbocycles. The number of rotatable bonds is 7. The van der Waals surface area contributed by atoms with Crippen LogP contribution in [0.3, 0.4) is 0 Å². The number of quaternary nitrogens is 1. The Morgan fingerprint density at radius 1 is 1.20 bits per heavy atom. The summed E-state index contributed by atoms with van der Waals surface area (Å²) < 4.78 is 11.2. The highest BCUT2D eigenvalue weighted by atomic mass is 16.6. The maximum Gasteiger partial charge on any atom is 0.410 e. The predicted octanol–water partition coefficient (Wildman–Crippen LogP) is 3.01. The molecule has 8 heteroatoms. The first-order valence-corrected chi connectivity index (χ1v) is 12.1. The Hall–Kier alpha value is -3.10. The van der Waals surface area contributed by atoms with Crippen LogP contribution in [0.1, 0.15) is 45.2 Å². The third-order valence-corrected chi connectivity index (χ3v) is 6.07. The molecule has 2 amide bonds. The molecule has 0 radical (unpaired) electrons. The van der Waals surface area contributed by atoms with E-state index in [1.165, 1.54) is 17.5 Å². The van der Waals surface area contributed by atoms with Gasteiger partial charge in [0.05, 0.1) is 12.6 Å². The average Bonchev–Trinajstić information content (AvgIpc) is 2.96. The highest BCUT2D eigenvalue weighted by molar-refractivity contribution is 5.85. The SMILES string of the molecule is C[C@@H](C(=O)NC1CCc2ccc(OCCc3ccccc3)cc2[NH+]([O-])C1)N(C)C(=O)OC(C)(C)C. The first-order chi connectivity index (χ1) is 16.5. The number of amides is 2. The zero-order valence-electron chi connectivity index (χ0n) is 21.3. The van der Waals surface area contributed by atoms with E-state index in [-0.39, 0.29) is 23.6 Å². The zero-order chi connectivity index (χ0) is 25.6. The number of ether oxygens (including phenoxy) is 2. The van der Waals surface area contributed by atoms with Crippen LogP contribution in [0.5, 0.6) is 5.75 Å². The van der Waals surface area contributed by atoms with E-state index >= 15 is 0 Å². The van der Waals surface area contributed by atoms with E-state index in [2.05, 4.69) is 17.4 Å². The molecule has 1 aliphatic heterocycles. The van der Waals surface area contributed by atoms with Gasteiger partial charge in [-0.1, -0.05) is 30.3 Å². The van der Waals surface area contributed by atoms with Gasteiger partial charge in [-0.25, -0.2) is 4.79 Å². The van der Waals surface area contributed by atoms with Gasteiger partial charge in [0.15, 0.2) is 0 Å². The topological polar surface area (TPSA) is 95.4 Å². The third kappa shape index (κ3) is 7.70. The molecule has 1 heterocycles. The largest absolute Gasteiger partial charge is 0.629 e. The number of nitrogens with zero attached hydrogens (tertiary/aromatic N) is 1. The average molecular weight is 484 g/mol. The molecule has 0 fully saturated rings. The fraction of sp³-hybridized carbons (Fsp3) is 0.481. The van der Waals surface area contributed by atoms with Crippen LogP contribution >= 0.6 is 0 Å². The molecule has 2 aromatic rings. The van der Waals surface area contributed by atoms with Crippen molar-refractivity contribution in [3.63, 3.8) is 0 Å². The van der Waals surface area contributed by atoms with E-state index in [9.17, 15) is 14.8 Å². The second-order valence-electron chi connectivity index (χ2n) is 10.0. The van der Waals surface area contributed by atoms with E-state index < -0.39 is 17.7 Å². The number of fused-ring (bicyclic) bond motifs is 1. The molecule has 190 valence electrons. The van der Waals surface area contributed by atoms with Crippen molar-refractivity contribution in [3.8, 4) is 5.75 Å². The highest BCUT2D eigenvalue weighted by Crippen LogP contribution is 2.23. The summed E-state index contributed by atoms with van der Waals surface area (Å²) in [4.78, 5) is 26.4. The van der Waals surface area contributed by atoms with Crippen LogP contribution in [0.4, 0.5) is 10.5 Å². The Balaban J connectivity index is 1.56. The first kappa shape index (κ1) is 26.5. The van der Waals surface area contributed by atoms with Crippen molar-refractivity contribution in [2.75, 3.05) is 20.2 Å². The van der Waals surface area contributed by atoms with Crippen LogP contribution in [0.25, 0.3) is 0 Å². The standard InChI is InChI=1S/C27H37N3O5/c1-19(29(5)26(32)35-27(2,3)4)25(31)28-22-13-11-21-12-14-23(17-24(21)30(33)18-22)34-16-15-20-9-7-6-8-10-20/h6-10,12,14,17,19,22,30H,11,13,15-16,18H2,1-5H3,(H,28,31)/t19-,22?/m0/s1. The fourth-order valence-corrected chi connectivity index (χ4v) is 3.93. The number of hydrogen-bond acceptors (Lipinski definition) is 5. The van der Waals surface area contributed by atoms with Crippen LogP contribution < -0.4 is 15.1 Å². The maximum atomic E-state index is 13.0. The molecular formula is C27H37N3O5. The number of aryl methyl sites for hydroxylation is 1. The lowest BCUT2D eigenvalue weighted by atomic mass is 10.1. The summed E-state index contributed by atoms with van der Waals surface area (Å²) in [6, 6.07) is 14.7. The molecule has 8 nitrogen and oxygen atoms in total. The number of benzene rings is 2. The second kappa shape index (κ2) is 11.6. The zero-order valence-corrected chi connectivity index (χ0v) is 21.3. The van der Waals surface area contributed by atoms with Gasteiger partial charge < -0.3 is 25.1 Å². The van der Waals surface area contributed by atoms with Gasteiger partial charge in [0, 0.05) is 25.1 Å². The highest BCUT2D eigenvalue weighted by Gasteiger charge is 2.30. The normalized spacial score (nSPS) is 18.6. The number of hydrogen-bond donors (Lipinski definition) is 2. The molecule has 35 heavy (non-hydrogen) atoms. The Morgan fingerprint density at radius 2 is 1.91 bits per heavy atom. The van der Waals surface area contributed by atoms with Crippen molar-refractivity contribution < 1.29 is 24.1 Å². The minimum absolute atomic E-state index is 0.0236. The van der Waals surface area contributed by atoms with Gasteiger partial charge in [-0.2, -0.15) is 0 Å². The van der Waals surface area contributed by atoms with Crippen LogP contribution in [-0.2, 0) is 22.4 Å². The fourth-order valence-electron chi connectivity index (χ4n) is 3.93. The van der Waals surface area contributed by atoms with Crippen molar-refractivity contribution in [2.24, 2.45) is 0 Å². The summed E-state index contributed by atoms with van der Waals surface area (Å²) in [6.45, 7) is 7.70. The van der Waals surface area contributed by atoms with E-state index in [0.29, 0.717) is 30.9 Å². The predicted molar refractivity (Wildman–Crippen MR) is 135 cm³/mol. The van der Waals surface area contributed by atoms with Crippen molar-refractivity contribution in [3.05, 3.63) is 64.9 Å². The number of carbonyl (C=O) groups excluding carboxylic acids is 2. The molecular weight excluding hydrogens is 446 g/mol. The van der Waals surface area contributed by atoms with Crippen molar-refractivity contribution in [1.29, 1.82) is 0 Å². The van der Waals surface area contributed by atoms with Gasteiger partial charge in [0.2, 0.25) is 5.91 Å². The lowest BCUT2D eigenvalue weighted by molar-refractivity contribution is -0.777. The number of hydroxylamine groups is 1. The summed E-state index contributed by atoms with van der Waals surface area (Å²) in [5.74, 6) is 0.357. The molecule has 0 spiro atoms. The molecule has 2 N–H and O–H groups in total. The lowest BCUT2D eigenvalue weighted by Gasteiger charge is -2.30. The Morgan fingerprint density at radius 3 is 2.60 bits per heavy atom. The van der Waals surface area contributed by atoms with Crippen LogP contribution in [0, 0.1) is 5.21 Å². The summed E-state index contributed by atoms with van der Waals surface area (Å²) in [6.07, 6.45) is 1.54. The molecule has 2 unspecified atom stereocenters. The number of likely N-dealkylation sites (N-methyl/N-ethyl adjacent to an activating group) is 1. The van der Waals surface area contributed by atoms with Gasteiger partial charge in [0.25, 0.3) is 0 Å². The van der Waals surface area contributed by atoms with Crippen LogP contribution in [0.15, 0.2) is 48.5 Å². The van der Waals surface area contributed by atoms with Crippen LogP contribution in [0.2, 0.25) is 0 Å². The Bertz CT molecular complexity index is 1010. The van der Waals surface area contributed by atoms with Gasteiger partial charge in [-0.05, 0) is 58.2 Å². The quantitative estimate of drug-likeness (QED) is 0.591. The van der Waals surface area contributed by atoms with Gasteiger partial charge >= 0.3 is 6.09 Å². The molecule has 0 aromatic heterocycles. The van der Waals surface area contributed by atoms with E-state index in [1.54, 1.807) is 27.7 Å². The molecule has 0 aliphatic carbocycles. The van der Waals surface area contributed by atoms with Crippen molar-refractivity contribution >= 4 is 17.7 Å². The number of nitrogens with one attached hydrogen (secondary N) is 2. The van der Waals surface area contributed by atoms with Crippen molar-refractivity contribution in [1.82, 2.24) is 10.2 Å². The second-order valence-corrected chi connectivity index (χ2v) is 10.0. The summed E-state index contributed by atoms with van der Waals surface area (Å²) >= 11 is 0. The van der Waals surface area contributed by atoms with E-state index in [1.807, 2.05) is 36.4 Å². The minimum atomic E-state index is -0.727.